The van der Waals surface area contributed by atoms with Crippen molar-refractivity contribution in [3.8, 4) is 0 Å². The van der Waals surface area contributed by atoms with Gasteiger partial charge in [0, 0.05) is 4.47 Å². The maximum atomic E-state index is 5.69. The van der Waals surface area contributed by atoms with Crippen molar-refractivity contribution in [2.75, 3.05) is 6.54 Å². The fourth-order valence-electron chi connectivity index (χ4n) is 1.24. The maximum absolute atomic E-state index is 5.69. The lowest BCUT2D eigenvalue weighted by Crippen LogP contribution is -2.23. The number of aryl methyl sites for hydroxylation is 1. The Labute approximate surface area is 94.8 Å². The number of benzene rings is 1. The van der Waals surface area contributed by atoms with Gasteiger partial charge in [-0.05, 0) is 42.5 Å². The van der Waals surface area contributed by atoms with Crippen molar-refractivity contribution in [1.29, 1.82) is 0 Å². The molecule has 0 unspecified atom stereocenters. The number of halogens is 1. The minimum atomic E-state index is 0.257. The summed E-state index contributed by atoms with van der Waals surface area (Å²) in [4.78, 5) is 0. The standard InChI is InChI=1S/C12H18BrN/c1-12(2,9-14)8-7-10-3-5-11(13)6-4-10/h3-6H,7-9,14H2,1-2H3. The van der Waals surface area contributed by atoms with E-state index in [1.165, 1.54) is 5.56 Å². The first-order chi connectivity index (χ1) is 6.53. The van der Waals surface area contributed by atoms with Crippen molar-refractivity contribution in [3.05, 3.63) is 34.3 Å². The van der Waals surface area contributed by atoms with Crippen molar-refractivity contribution < 1.29 is 0 Å². The zero-order chi connectivity index (χ0) is 10.6. The molecule has 14 heavy (non-hydrogen) atoms. The van der Waals surface area contributed by atoms with Crippen LogP contribution in [0.25, 0.3) is 0 Å². The van der Waals surface area contributed by atoms with E-state index in [1.807, 2.05) is 0 Å². The molecular weight excluding hydrogens is 238 g/mol. The highest BCUT2D eigenvalue weighted by atomic mass is 79.9. The van der Waals surface area contributed by atoms with Crippen LogP contribution in [0.1, 0.15) is 25.8 Å². The Morgan fingerprint density at radius 1 is 1.21 bits per heavy atom. The first kappa shape index (κ1) is 11.7. The highest BCUT2D eigenvalue weighted by Gasteiger charge is 2.14. The number of hydrogen-bond acceptors (Lipinski definition) is 1. The lowest BCUT2D eigenvalue weighted by Gasteiger charge is -2.21. The molecule has 0 heterocycles. The van der Waals surface area contributed by atoms with Crippen molar-refractivity contribution in [2.24, 2.45) is 11.1 Å². The molecule has 2 N–H and O–H groups in total. The van der Waals surface area contributed by atoms with Crippen LogP contribution in [0.2, 0.25) is 0 Å². The van der Waals surface area contributed by atoms with Crippen LogP contribution in [0.4, 0.5) is 0 Å². The average Bonchev–Trinajstić information content (AvgIpc) is 2.17. The summed E-state index contributed by atoms with van der Waals surface area (Å²) < 4.78 is 1.14. The van der Waals surface area contributed by atoms with Crippen LogP contribution in [0.3, 0.4) is 0 Å². The van der Waals surface area contributed by atoms with Gasteiger partial charge in [-0.3, -0.25) is 0 Å². The summed E-state index contributed by atoms with van der Waals surface area (Å²) in [7, 11) is 0. The van der Waals surface area contributed by atoms with E-state index in [1.54, 1.807) is 0 Å². The van der Waals surface area contributed by atoms with Crippen LogP contribution >= 0.6 is 15.9 Å². The van der Waals surface area contributed by atoms with Crippen molar-refractivity contribution in [1.82, 2.24) is 0 Å². The van der Waals surface area contributed by atoms with Gasteiger partial charge >= 0.3 is 0 Å². The zero-order valence-corrected chi connectivity index (χ0v) is 10.5. The molecule has 0 aliphatic rings. The van der Waals surface area contributed by atoms with Crippen molar-refractivity contribution >= 4 is 15.9 Å². The molecule has 1 nitrogen and oxygen atoms in total. The summed E-state index contributed by atoms with van der Waals surface area (Å²) in [6.45, 7) is 5.18. The third-order valence-corrected chi connectivity index (χ3v) is 3.08. The van der Waals surface area contributed by atoms with Gasteiger partial charge in [0.25, 0.3) is 0 Å². The van der Waals surface area contributed by atoms with Crippen LogP contribution in [0.5, 0.6) is 0 Å². The summed E-state index contributed by atoms with van der Waals surface area (Å²) in [5, 5.41) is 0. The Morgan fingerprint density at radius 3 is 2.29 bits per heavy atom. The van der Waals surface area contributed by atoms with Crippen LogP contribution in [0, 0.1) is 5.41 Å². The molecule has 1 rings (SSSR count). The molecule has 1 aromatic carbocycles. The Kier molecular flexibility index (Phi) is 4.14. The lowest BCUT2D eigenvalue weighted by molar-refractivity contribution is 0.348. The van der Waals surface area contributed by atoms with Crippen molar-refractivity contribution in [3.63, 3.8) is 0 Å². The molecule has 0 fully saturated rings. The van der Waals surface area contributed by atoms with Crippen molar-refractivity contribution in [2.45, 2.75) is 26.7 Å². The van der Waals surface area contributed by atoms with Gasteiger partial charge in [-0.15, -0.1) is 0 Å². The Hall–Kier alpha value is -0.340. The summed E-state index contributed by atoms with van der Waals surface area (Å²) in [6.07, 6.45) is 2.25. The Balaban J connectivity index is 2.50. The molecule has 0 saturated carbocycles. The molecule has 1 aromatic rings. The summed E-state index contributed by atoms with van der Waals surface area (Å²) in [5.74, 6) is 0. The predicted molar refractivity (Wildman–Crippen MR) is 65.3 cm³/mol. The van der Waals surface area contributed by atoms with E-state index in [4.69, 9.17) is 5.73 Å². The van der Waals surface area contributed by atoms with E-state index >= 15 is 0 Å². The molecule has 0 aliphatic carbocycles. The van der Waals surface area contributed by atoms with Gasteiger partial charge in [0.05, 0.1) is 0 Å². The molecule has 0 spiro atoms. The third-order valence-electron chi connectivity index (χ3n) is 2.56. The van der Waals surface area contributed by atoms with E-state index in [-0.39, 0.29) is 5.41 Å². The monoisotopic (exact) mass is 255 g/mol. The molecule has 0 radical (unpaired) electrons. The topological polar surface area (TPSA) is 26.0 Å². The van der Waals surface area contributed by atoms with E-state index in [0.717, 1.165) is 23.9 Å². The SMILES string of the molecule is CC(C)(CN)CCc1ccc(Br)cc1. The molecule has 0 bridgehead atoms. The number of hydrogen-bond donors (Lipinski definition) is 1. The number of nitrogens with two attached hydrogens (primary N) is 1. The summed E-state index contributed by atoms with van der Waals surface area (Å²) in [6, 6.07) is 8.50. The smallest absolute Gasteiger partial charge is 0.0175 e. The van der Waals surface area contributed by atoms with Crippen LogP contribution in [-0.2, 0) is 6.42 Å². The van der Waals surface area contributed by atoms with E-state index in [9.17, 15) is 0 Å². The van der Waals surface area contributed by atoms with Gasteiger partial charge in [-0.1, -0.05) is 41.9 Å². The van der Waals surface area contributed by atoms with Gasteiger partial charge in [-0.2, -0.15) is 0 Å². The molecule has 0 aliphatic heterocycles. The molecule has 0 amide bonds. The normalized spacial score (nSPS) is 11.7. The second-order valence-electron chi connectivity index (χ2n) is 4.49. The van der Waals surface area contributed by atoms with E-state index in [0.29, 0.717) is 0 Å². The predicted octanol–water partition coefficient (Wildman–Crippen LogP) is 3.37. The zero-order valence-electron chi connectivity index (χ0n) is 8.89. The lowest BCUT2D eigenvalue weighted by atomic mass is 9.86. The van der Waals surface area contributed by atoms with Crippen LogP contribution in [0.15, 0.2) is 28.7 Å². The first-order valence-corrected chi connectivity index (χ1v) is 5.77. The second-order valence-corrected chi connectivity index (χ2v) is 5.41. The Bertz CT molecular complexity index is 277. The molecule has 2 heteroatoms. The fraction of sp³-hybridized carbons (Fsp3) is 0.500. The third kappa shape index (κ3) is 3.81. The maximum Gasteiger partial charge on any atom is 0.0175 e. The first-order valence-electron chi connectivity index (χ1n) is 4.98. The Morgan fingerprint density at radius 2 is 1.79 bits per heavy atom. The summed E-state index contributed by atoms with van der Waals surface area (Å²) >= 11 is 3.43. The van der Waals surface area contributed by atoms with Gasteiger partial charge < -0.3 is 5.73 Å². The van der Waals surface area contributed by atoms with Crippen LogP contribution in [-0.4, -0.2) is 6.54 Å². The highest BCUT2D eigenvalue weighted by molar-refractivity contribution is 9.10. The van der Waals surface area contributed by atoms with Gasteiger partial charge in [0.15, 0.2) is 0 Å². The average molecular weight is 256 g/mol. The largest absolute Gasteiger partial charge is 0.330 e. The van der Waals surface area contributed by atoms with Crippen LogP contribution < -0.4 is 5.73 Å². The molecular formula is C12H18BrN. The summed E-state index contributed by atoms with van der Waals surface area (Å²) in [5.41, 5.74) is 7.33. The molecule has 78 valence electrons. The second kappa shape index (κ2) is 4.94. The molecule has 0 aromatic heterocycles. The highest BCUT2D eigenvalue weighted by Crippen LogP contribution is 2.21. The van der Waals surface area contributed by atoms with Gasteiger partial charge in [0.1, 0.15) is 0 Å². The van der Waals surface area contributed by atoms with Gasteiger partial charge in [0.2, 0.25) is 0 Å². The van der Waals surface area contributed by atoms with E-state index in [2.05, 4.69) is 54.0 Å². The fourth-order valence-corrected chi connectivity index (χ4v) is 1.50. The van der Waals surface area contributed by atoms with E-state index < -0.39 is 0 Å². The van der Waals surface area contributed by atoms with Gasteiger partial charge in [-0.25, -0.2) is 0 Å². The molecule has 0 atom stereocenters. The molecule has 0 saturated heterocycles. The minimum absolute atomic E-state index is 0.257. The number of rotatable bonds is 4. The minimum Gasteiger partial charge on any atom is -0.330 e. The quantitative estimate of drug-likeness (QED) is 0.878.